The van der Waals surface area contributed by atoms with Crippen LogP contribution in [-0.2, 0) is 4.79 Å². The minimum Gasteiger partial charge on any atom is -0.858 e. The maximum Gasteiger partial charge on any atom is 1.00 e. The second kappa shape index (κ2) is 8.82. The molecule has 0 aromatic heterocycles. The Hall–Kier alpha value is -0.204. The molecular formula is C12H14KNO3. The zero-order valence-electron chi connectivity index (χ0n) is 10.1. The van der Waals surface area contributed by atoms with Gasteiger partial charge in [0.25, 0.3) is 0 Å². The van der Waals surface area contributed by atoms with Crippen LogP contribution in [0.2, 0.25) is 0 Å². The first-order valence-electron chi connectivity index (χ1n) is 5.18. The average molecular weight is 259 g/mol. The minimum atomic E-state index is -1.05. The van der Waals surface area contributed by atoms with Crippen LogP contribution in [0.4, 0.5) is 0 Å². The molecule has 0 saturated heterocycles. The molecule has 0 spiro atoms. The van der Waals surface area contributed by atoms with Gasteiger partial charge in [-0.25, -0.2) is 4.79 Å². The molecular weight excluding hydrogens is 245 g/mol. The molecule has 1 aromatic rings. The van der Waals surface area contributed by atoms with Crippen LogP contribution in [0.5, 0.6) is 0 Å². The molecule has 0 radical (unpaired) electrons. The fraction of sp³-hybridized carbons (Fsp3) is 0.333. The second-order valence-corrected chi connectivity index (χ2v) is 3.44. The quantitative estimate of drug-likeness (QED) is 0.379. The molecule has 0 saturated carbocycles. The van der Waals surface area contributed by atoms with E-state index in [-0.39, 0.29) is 51.4 Å². The molecule has 5 heteroatoms. The van der Waals surface area contributed by atoms with Gasteiger partial charge in [0.2, 0.25) is 0 Å². The standard InChI is InChI=1S/C12H15NO3.K/c1-2-6-10(12(15)16)13-11(14)9-7-4-3-5-8-9;/h3-5,7-8,10H,2,6H2,1H3,(H,13,14)(H,15,16);/q;+1/p-1/t10-;/m1./s1. The van der Waals surface area contributed by atoms with E-state index in [9.17, 15) is 9.90 Å². The van der Waals surface area contributed by atoms with Crippen LogP contribution in [0, 0.1) is 0 Å². The van der Waals surface area contributed by atoms with Crippen LogP contribution in [0.1, 0.15) is 25.3 Å². The Morgan fingerprint density at radius 3 is 2.47 bits per heavy atom. The molecule has 0 bridgehead atoms. The Morgan fingerprint density at radius 2 is 2.00 bits per heavy atom. The van der Waals surface area contributed by atoms with Crippen molar-refractivity contribution in [3.63, 3.8) is 0 Å². The molecule has 86 valence electrons. The van der Waals surface area contributed by atoms with Gasteiger partial charge in [-0.2, -0.15) is 0 Å². The van der Waals surface area contributed by atoms with Crippen LogP contribution in [-0.4, -0.2) is 23.0 Å². The SMILES string of the molecule is CCC[C@@H](N=C([O-])c1ccccc1)C(=O)O.[K+]. The van der Waals surface area contributed by atoms with Crippen molar-refractivity contribution in [2.45, 2.75) is 25.8 Å². The third-order valence-corrected chi connectivity index (χ3v) is 2.14. The topological polar surface area (TPSA) is 72.7 Å². The number of hydrogen-bond acceptors (Lipinski definition) is 3. The second-order valence-electron chi connectivity index (χ2n) is 3.44. The van der Waals surface area contributed by atoms with Crippen LogP contribution in [0.15, 0.2) is 35.3 Å². The number of carboxylic acids is 1. The van der Waals surface area contributed by atoms with E-state index in [0.717, 1.165) is 0 Å². The Bertz CT molecular complexity index is 379. The summed E-state index contributed by atoms with van der Waals surface area (Å²) in [7, 11) is 0. The largest absolute Gasteiger partial charge is 1.00 e. The number of hydrogen-bond donors (Lipinski definition) is 1. The molecule has 0 aliphatic rings. The zero-order chi connectivity index (χ0) is 12.0. The Morgan fingerprint density at radius 1 is 1.41 bits per heavy atom. The maximum absolute atomic E-state index is 11.6. The Kier molecular flexibility index (Phi) is 8.72. The molecule has 0 aliphatic carbocycles. The summed E-state index contributed by atoms with van der Waals surface area (Å²) in [6, 6.07) is 7.54. The summed E-state index contributed by atoms with van der Waals surface area (Å²) < 4.78 is 0. The van der Waals surface area contributed by atoms with Gasteiger partial charge in [-0.1, -0.05) is 43.7 Å². The molecule has 0 heterocycles. The molecule has 1 N–H and O–H groups in total. The van der Waals surface area contributed by atoms with Crippen molar-refractivity contribution in [3.8, 4) is 0 Å². The molecule has 4 nitrogen and oxygen atoms in total. The van der Waals surface area contributed by atoms with Gasteiger partial charge in [0, 0.05) is 0 Å². The van der Waals surface area contributed by atoms with Gasteiger partial charge in [-0.05, 0) is 17.9 Å². The minimum absolute atomic E-state index is 0. The molecule has 1 rings (SSSR count). The van der Waals surface area contributed by atoms with Gasteiger partial charge in [0.05, 0.1) is 0 Å². The van der Waals surface area contributed by atoms with Crippen molar-refractivity contribution < 1.29 is 66.4 Å². The number of aliphatic carboxylic acids is 1. The summed E-state index contributed by atoms with van der Waals surface area (Å²) in [6.07, 6.45) is 1.07. The fourth-order valence-corrected chi connectivity index (χ4v) is 1.31. The number of nitrogens with zero attached hydrogens (tertiary/aromatic N) is 1. The van der Waals surface area contributed by atoms with Gasteiger partial charge < -0.3 is 10.2 Å². The Balaban J connectivity index is 0.00000256. The molecule has 1 aromatic carbocycles. The first-order chi connectivity index (χ1) is 7.65. The van der Waals surface area contributed by atoms with E-state index >= 15 is 0 Å². The van der Waals surface area contributed by atoms with Gasteiger partial charge >= 0.3 is 57.4 Å². The monoisotopic (exact) mass is 259 g/mol. The predicted octanol–water partition coefficient (Wildman–Crippen LogP) is -1.95. The van der Waals surface area contributed by atoms with Crippen molar-refractivity contribution in [3.05, 3.63) is 35.9 Å². The molecule has 0 aliphatic heterocycles. The number of rotatable bonds is 5. The van der Waals surface area contributed by atoms with Gasteiger partial charge in [-0.15, -0.1) is 0 Å². The predicted molar refractivity (Wildman–Crippen MR) is 59.3 cm³/mol. The summed E-state index contributed by atoms with van der Waals surface area (Å²) >= 11 is 0. The summed E-state index contributed by atoms with van der Waals surface area (Å²) in [5, 5.41) is 20.5. The van der Waals surface area contributed by atoms with Crippen molar-refractivity contribution in [2.24, 2.45) is 4.99 Å². The van der Waals surface area contributed by atoms with Gasteiger partial charge in [0.1, 0.15) is 6.04 Å². The van der Waals surface area contributed by atoms with E-state index in [1.165, 1.54) is 0 Å². The fourth-order valence-electron chi connectivity index (χ4n) is 1.31. The van der Waals surface area contributed by atoms with Crippen LogP contribution in [0.25, 0.3) is 0 Å². The molecule has 0 unspecified atom stereocenters. The zero-order valence-corrected chi connectivity index (χ0v) is 13.2. The number of aliphatic imine (C=N–C) groups is 1. The summed E-state index contributed by atoms with van der Waals surface area (Å²) in [5.74, 6) is -1.52. The number of carboxylic acid groups (broad SMARTS) is 1. The average Bonchev–Trinajstić information content (AvgIpc) is 2.29. The van der Waals surface area contributed by atoms with Crippen LogP contribution >= 0.6 is 0 Å². The number of benzene rings is 1. The van der Waals surface area contributed by atoms with Crippen LogP contribution < -0.4 is 56.5 Å². The van der Waals surface area contributed by atoms with Gasteiger partial charge in [-0.3, -0.25) is 4.99 Å². The van der Waals surface area contributed by atoms with E-state index in [0.29, 0.717) is 18.4 Å². The molecule has 17 heavy (non-hydrogen) atoms. The van der Waals surface area contributed by atoms with E-state index < -0.39 is 17.9 Å². The van der Waals surface area contributed by atoms with Crippen molar-refractivity contribution in [2.75, 3.05) is 0 Å². The third-order valence-electron chi connectivity index (χ3n) is 2.14. The van der Waals surface area contributed by atoms with E-state index in [1.807, 2.05) is 6.92 Å². The van der Waals surface area contributed by atoms with E-state index in [1.54, 1.807) is 30.3 Å². The normalized spacial score (nSPS) is 12.6. The van der Waals surface area contributed by atoms with Crippen molar-refractivity contribution >= 4 is 11.9 Å². The smallest absolute Gasteiger partial charge is 0.858 e. The maximum atomic E-state index is 11.6. The third kappa shape index (κ3) is 5.79. The molecule has 0 amide bonds. The van der Waals surface area contributed by atoms with Crippen LogP contribution in [0.3, 0.4) is 0 Å². The van der Waals surface area contributed by atoms with Crippen molar-refractivity contribution in [1.29, 1.82) is 0 Å². The summed E-state index contributed by atoms with van der Waals surface area (Å²) in [6.45, 7) is 1.86. The van der Waals surface area contributed by atoms with Crippen molar-refractivity contribution in [1.82, 2.24) is 0 Å². The molecule has 1 atom stereocenters. The number of carbonyl (C=O) groups is 1. The Labute approximate surface area is 143 Å². The first-order valence-corrected chi connectivity index (χ1v) is 5.18. The summed E-state index contributed by atoms with van der Waals surface area (Å²) in [4.78, 5) is 14.5. The first kappa shape index (κ1) is 16.8. The van der Waals surface area contributed by atoms with Gasteiger partial charge in [0.15, 0.2) is 0 Å². The summed E-state index contributed by atoms with van der Waals surface area (Å²) in [5.41, 5.74) is 0.421. The molecule has 0 fully saturated rings. The van der Waals surface area contributed by atoms with E-state index in [2.05, 4.69) is 4.99 Å². The van der Waals surface area contributed by atoms with E-state index in [4.69, 9.17) is 5.11 Å².